The minimum Gasteiger partial charge on any atom is -0.493 e. The Hall–Kier alpha value is -3.28. The van der Waals surface area contributed by atoms with Crippen LogP contribution < -0.4 is 20.1 Å². The van der Waals surface area contributed by atoms with E-state index in [9.17, 15) is 9.59 Å². The van der Waals surface area contributed by atoms with Gasteiger partial charge in [0.05, 0.1) is 14.2 Å². The molecule has 25 heavy (non-hydrogen) atoms. The molecule has 0 saturated carbocycles. The second-order valence-corrected chi connectivity index (χ2v) is 5.17. The van der Waals surface area contributed by atoms with Crippen LogP contribution in [-0.2, 0) is 9.59 Å². The van der Waals surface area contributed by atoms with E-state index in [0.29, 0.717) is 17.2 Å². The van der Waals surface area contributed by atoms with Crippen LogP contribution in [0.25, 0.3) is 6.08 Å². The maximum absolute atomic E-state index is 12.5. The fourth-order valence-electron chi connectivity index (χ4n) is 2.18. The van der Waals surface area contributed by atoms with E-state index in [0.717, 1.165) is 5.56 Å². The maximum atomic E-state index is 12.5. The van der Waals surface area contributed by atoms with Crippen molar-refractivity contribution in [3.63, 3.8) is 0 Å². The normalized spacial score (nSPS) is 10.8. The van der Waals surface area contributed by atoms with Gasteiger partial charge in [0.2, 0.25) is 5.91 Å². The second kappa shape index (κ2) is 8.54. The predicted octanol–water partition coefficient (Wildman–Crippen LogP) is 2.82. The van der Waals surface area contributed by atoms with E-state index in [-0.39, 0.29) is 11.6 Å². The molecule has 0 spiro atoms. The van der Waals surface area contributed by atoms with Crippen molar-refractivity contribution in [2.24, 2.45) is 0 Å². The van der Waals surface area contributed by atoms with Gasteiger partial charge in [-0.25, -0.2) is 0 Å². The second-order valence-electron chi connectivity index (χ2n) is 5.17. The number of carbonyl (C=O) groups excluding carboxylic acids is 2. The largest absolute Gasteiger partial charge is 0.493 e. The molecule has 2 amide bonds. The Labute approximate surface area is 146 Å². The topological polar surface area (TPSA) is 76.7 Å². The van der Waals surface area contributed by atoms with E-state index in [4.69, 9.17) is 9.47 Å². The van der Waals surface area contributed by atoms with Crippen molar-refractivity contribution < 1.29 is 19.1 Å². The van der Waals surface area contributed by atoms with Crippen molar-refractivity contribution in [1.82, 2.24) is 5.32 Å². The number of benzene rings is 2. The lowest BCUT2D eigenvalue weighted by Crippen LogP contribution is -2.28. The summed E-state index contributed by atoms with van der Waals surface area (Å²) in [5.74, 6) is 0.284. The Morgan fingerprint density at radius 1 is 0.960 bits per heavy atom. The number of ether oxygens (including phenoxy) is 2. The summed E-state index contributed by atoms with van der Waals surface area (Å²) in [6.45, 7) is 1.35. The lowest BCUT2D eigenvalue weighted by Gasteiger charge is -2.12. The molecule has 0 atom stereocenters. The Balaban J connectivity index is 2.25. The zero-order valence-corrected chi connectivity index (χ0v) is 14.3. The molecule has 0 radical (unpaired) electrons. The third-order valence-electron chi connectivity index (χ3n) is 3.31. The molecule has 2 rings (SSSR count). The SMILES string of the molecule is COc1ccc(NC(=O)/C(=C/c2ccccc2)NC(C)=O)cc1OC. The van der Waals surface area contributed by atoms with Gasteiger partial charge in [0.15, 0.2) is 11.5 Å². The Bertz CT molecular complexity index is 785. The maximum Gasteiger partial charge on any atom is 0.272 e. The molecule has 0 aliphatic heterocycles. The molecule has 2 aromatic rings. The number of hydrogen-bond acceptors (Lipinski definition) is 4. The fraction of sp³-hybridized carbons (Fsp3) is 0.158. The molecule has 0 aliphatic carbocycles. The summed E-state index contributed by atoms with van der Waals surface area (Å²) in [5.41, 5.74) is 1.47. The van der Waals surface area contributed by atoms with Crippen LogP contribution in [0, 0.1) is 0 Å². The highest BCUT2D eigenvalue weighted by molar-refractivity contribution is 6.08. The van der Waals surface area contributed by atoms with Crippen molar-refractivity contribution in [2.75, 3.05) is 19.5 Å². The number of hydrogen-bond donors (Lipinski definition) is 2. The zero-order chi connectivity index (χ0) is 18.2. The van der Waals surface area contributed by atoms with Crippen molar-refractivity contribution in [3.05, 3.63) is 59.8 Å². The van der Waals surface area contributed by atoms with E-state index in [1.807, 2.05) is 30.3 Å². The first-order valence-electron chi connectivity index (χ1n) is 7.61. The van der Waals surface area contributed by atoms with Crippen LogP contribution in [0.2, 0.25) is 0 Å². The summed E-state index contributed by atoms with van der Waals surface area (Å²) in [6.07, 6.45) is 1.61. The van der Waals surface area contributed by atoms with E-state index in [1.54, 1.807) is 24.3 Å². The molecule has 0 aromatic heterocycles. The summed E-state index contributed by atoms with van der Waals surface area (Å²) in [4.78, 5) is 24.0. The molecule has 0 aliphatic rings. The van der Waals surface area contributed by atoms with Gasteiger partial charge in [0, 0.05) is 18.7 Å². The summed E-state index contributed by atoms with van der Waals surface area (Å²) in [5, 5.41) is 5.29. The van der Waals surface area contributed by atoms with Crippen LogP contribution in [0.1, 0.15) is 12.5 Å². The highest BCUT2D eigenvalue weighted by Crippen LogP contribution is 2.29. The van der Waals surface area contributed by atoms with Gasteiger partial charge in [-0.15, -0.1) is 0 Å². The molecule has 6 nitrogen and oxygen atoms in total. The molecule has 0 saturated heterocycles. The van der Waals surface area contributed by atoms with Crippen LogP contribution >= 0.6 is 0 Å². The molecule has 0 heterocycles. The summed E-state index contributed by atoms with van der Waals surface area (Å²) < 4.78 is 10.4. The first-order chi connectivity index (χ1) is 12.0. The number of amides is 2. The number of nitrogens with one attached hydrogen (secondary N) is 2. The Kier molecular flexibility index (Phi) is 6.17. The molecule has 2 aromatic carbocycles. The molecule has 0 unspecified atom stereocenters. The van der Waals surface area contributed by atoms with E-state index >= 15 is 0 Å². The van der Waals surface area contributed by atoms with Crippen molar-refractivity contribution >= 4 is 23.6 Å². The highest BCUT2D eigenvalue weighted by atomic mass is 16.5. The highest BCUT2D eigenvalue weighted by Gasteiger charge is 2.13. The number of rotatable bonds is 6. The molecule has 6 heteroatoms. The van der Waals surface area contributed by atoms with Gasteiger partial charge >= 0.3 is 0 Å². The van der Waals surface area contributed by atoms with Crippen LogP contribution in [0.15, 0.2) is 54.2 Å². The van der Waals surface area contributed by atoms with E-state index in [1.165, 1.54) is 21.1 Å². The van der Waals surface area contributed by atoms with Gasteiger partial charge in [-0.05, 0) is 23.8 Å². The molecule has 2 N–H and O–H groups in total. The van der Waals surface area contributed by atoms with Crippen molar-refractivity contribution in [1.29, 1.82) is 0 Å². The lowest BCUT2D eigenvalue weighted by molar-refractivity contribution is -0.120. The van der Waals surface area contributed by atoms with E-state index < -0.39 is 5.91 Å². The Morgan fingerprint density at radius 3 is 2.24 bits per heavy atom. The first-order valence-corrected chi connectivity index (χ1v) is 7.61. The van der Waals surface area contributed by atoms with Crippen molar-refractivity contribution in [2.45, 2.75) is 6.92 Å². The zero-order valence-electron chi connectivity index (χ0n) is 14.3. The monoisotopic (exact) mass is 340 g/mol. The number of anilines is 1. The molecule has 130 valence electrons. The van der Waals surface area contributed by atoms with Crippen LogP contribution in [0.5, 0.6) is 11.5 Å². The summed E-state index contributed by atoms with van der Waals surface area (Å²) >= 11 is 0. The van der Waals surface area contributed by atoms with Crippen LogP contribution in [-0.4, -0.2) is 26.0 Å². The lowest BCUT2D eigenvalue weighted by atomic mass is 10.2. The van der Waals surface area contributed by atoms with Gasteiger partial charge in [0.1, 0.15) is 5.70 Å². The van der Waals surface area contributed by atoms with Gasteiger partial charge in [-0.1, -0.05) is 30.3 Å². The predicted molar refractivity (Wildman–Crippen MR) is 96.4 cm³/mol. The van der Waals surface area contributed by atoms with Crippen molar-refractivity contribution in [3.8, 4) is 11.5 Å². The fourth-order valence-corrected chi connectivity index (χ4v) is 2.18. The quantitative estimate of drug-likeness (QED) is 0.793. The molecule has 0 fully saturated rings. The third kappa shape index (κ3) is 5.10. The summed E-state index contributed by atoms with van der Waals surface area (Å²) in [6, 6.07) is 14.3. The average Bonchev–Trinajstić information content (AvgIpc) is 2.61. The molecular formula is C19H20N2O4. The minimum absolute atomic E-state index is 0.147. The van der Waals surface area contributed by atoms with Gasteiger partial charge in [0.25, 0.3) is 5.91 Å². The standard InChI is InChI=1S/C19H20N2O4/c1-13(22)20-16(11-14-7-5-4-6-8-14)19(23)21-15-9-10-17(24-2)18(12-15)25-3/h4-12H,1-3H3,(H,20,22)(H,21,23)/b16-11-. The first kappa shape index (κ1) is 18.1. The number of carbonyl (C=O) groups is 2. The van der Waals surface area contributed by atoms with Gasteiger partial charge in [-0.3, -0.25) is 9.59 Å². The van der Waals surface area contributed by atoms with Gasteiger partial charge < -0.3 is 20.1 Å². The third-order valence-corrected chi connectivity index (χ3v) is 3.31. The smallest absolute Gasteiger partial charge is 0.272 e. The van der Waals surface area contributed by atoms with Crippen LogP contribution in [0.4, 0.5) is 5.69 Å². The van der Waals surface area contributed by atoms with Crippen LogP contribution in [0.3, 0.4) is 0 Å². The number of methoxy groups -OCH3 is 2. The van der Waals surface area contributed by atoms with E-state index in [2.05, 4.69) is 10.6 Å². The minimum atomic E-state index is -0.439. The molecule has 0 bridgehead atoms. The molecular weight excluding hydrogens is 320 g/mol. The average molecular weight is 340 g/mol. The Morgan fingerprint density at radius 2 is 1.64 bits per heavy atom. The summed E-state index contributed by atoms with van der Waals surface area (Å²) in [7, 11) is 3.05. The van der Waals surface area contributed by atoms with Gasteiger partial charge in [-0.2, -0.15) is 0 Å².